The van der Waals surface area contributed by atoms with Crippen molar-refractivity contribution in [2.45, 2.75) is 0 Å². The summed E-state index contributed by atoms with van der Waals surface area (Å²) in [7, 11) is 0. The summed E-state index contributed by atoms with van der Waals surface area (Å²) in [5.74, 6) is 0. The molecule has 0 N–H and O–H groups in total. The van der Waals surface area contributed by atoms with Crippen LogP contribution in [0.3, 0.4) is 0 Å². The predicted octanol–water partition coefficient (Wildman–Crippen LogP) is 7.60. The minimum Gasteiger partial charge on any atom is -0.0883 e. The Balaban J connectivity index is 1.94. The molecule has 3 aromatic carbocycles. The van der Waals surface area contributed by atoms with E-state index in [0.717, 1.165) is 20.4 Å². The summed E-state index contributed by atoms with van der Waals surface area (Å²) in [4.78, 5) is 0. The molecule has 0 nitrogen and oxygen atoms in total. The van der Waals surface area contributed by atoms with Crippen molar-refractivity contribution in [1.82, 2.24) is 0 Å². The van der Waals surface area contributed by atoms with E-state index in [1.165, 1.54) is 22.3 Å². The number of alkyl halides is 1. The maximum absolute atomic E-state index is 6.01. The molecule has 0 bridgehead atoms. The molecule has 0 aromatic heterocycles. The molecule has 3 heteroatoms. The third-order valence-corrected chi connectivity index (χ3v) is 4.91. The van der Waals surface area contributed by atoms with Gasteiger partial charge in [0.2, 0.25) is 0 Å². The van der Waals surface area contributed by atoms with E-state index in [1.807, 2.05) is 12.1 Å². The zero-order valence-electron chi connectivity index (χ0n) is 12.8. The Morgan fingerprint density at radius 1 is 0.750 bits per heavy atom. The SMILES string of the molecule is Clc1ccc(/C(=C\CBr)c2ccc(-c3ccc(Br)cc3)cc2)cc1. The normalized spacial score (nSPS) is 11.5. The van der Waals surface area contributed by atoms with E-state index in [9.17, 15) is 0 Å². The molecule has 0 fully saturated rings. The fraction of sp³-hybridized carbons (Fsp3) is 0.0476. The fourth-order valence-electron chi connectivity index (χ4n) is 2.59. The van der Waals surface area contributed by atoms with Crippen LogP contribution in [0, 0.1) is 0 Å². The Labute approximate surface area is 164 Å². The zero-order chi connectivity index (χ0) is 16.9. The highest BCUT2D eigenvalue weighted by molar-refractivity contribution is 9.10. The molecule has 0 unspecified atom stereocenters. The highest BCUT2D eigenvalue weighted by Gasteiger charge is 2.06. The van der Waals surface area contributed by atoms with E-state index in [4.69, 9.17) is 11.6 Å². The largest absolute Gasteiger partial charge is 0.0883 e. The van der Waals surface area contributed by atoms with Crippen LogP contribution in [0.5, 0.6) is 0 Å². The van der Waals surface area contributed by atoms with Gasteiger partial charge in [-0.3, -0.25) is 0 Å². The molecule has 3 aromatic rings. The van der Waals surface area contributed by atoms with Crippen LogP contribution in [0.4, 0.5) is 0 Å². The first-order valence-corrected chi connectivity index (χ1v) is 9.85. The molecular weight excluding hydrogens is 447 g/mol. The molecule has 0 aliphatic heterocycles. The van der Waals surface area contributed by atoms with Crippen LogP contribution in [0.25, 0.3) is 16.7 Å². The van der Waals surface area contributed by atoms with Gasteiger partial charge in [-0.2, -0.15) is 0 Å². The summed E-state index contributed by atoms with van der Waals surface area (Å²) in [5.41, 5.74) is 5.97. The molecule has 24 heavy (non-hydrogen) atoms. The van der Waals surface area contributed by atoms with Crippen LogP contribution in [0.2, 0.25) is 5.02 Å². The Hall–Kier alpha value is -1.35. The number of rotatable bonds is 4. The molecule has 0 atom stereocenters. The summed E-state index contributed by atoms with van der Waals surface area (Å²) in [5, 5.41) is 1.56. The van der Waals surface area contributed by atoms with Gasteiger partial charge in [0.05, 0.1) is 0 Å². The predicted molar refractivity (Wildman–Crippen MR) is 112 cm³/mol. The third kappa shape index (κ3) is 4.18. The zero-order valence-corrected chi connectivity index (χ0v) is 16.8. The van der Waals surface area contributed by atoms with E-state index in [2.05, 4.69) is 98.6 Å². The minimum atomic E-state index is 0.752. The lowest BCUT2D eigenvalue weighted by Gasteiger charge is -2.10. The van der Waals surface area contributed by atoms with Gasteiger partial charge >= 0.3 is 0 Å². The van der Waals surface area contributed by atoms with Crippen molar-refractivity contribution in [3.05, 3.63) is 99.5 Å². The van der Waals surface area contributed by atoms with Crippen LogP contribution in [-0.2, 0) is 0 Å². The maximum atomic E-state index is 6.01. The van der Waals surface area contributed by atoms with Gasteiger partial charge in [0.25, 0.3) is 0 Å². The van der Waals surface area contributed by atoms with Crippen molar-refractivity contribution in [3.63, 3.8) is 0 Å². The van der Waals surface area contributed by atoms with Crippen molar-refractivity contribution >= 4 is 49.0 Å². The molecule has 0 spiro atoms. The first kappa shape index (κ1) is 17.5. The van der Waals surface area contributed by atoms with E-state index in [-0.39, 0.29) is 0 Å². The van der Waals surface area contributed by atoms with Gasteiger partial charge in [-0.15, -0.1) is 0 Å². The number of hydrogen-bond acceptors (Lipinski definition) is 0. The molecule has 3 rings (SSSR count). The second-order valence-corrected chi connectivity index (χ2v) is 7.36. The summed E-state index contributed by atoms with van der Waals surface area (Å²) in [6, 6.07) is 25.0. The van der Waals surface area contributed by atoms with Gasteiger partial charge in [-0.25, -0.2) is 0 Å². The van der Waals surface area contributed by atoms with E-state index < -0.39 is 0 Å². The highest BCUT2D eigenvalue weighted by Crippen LogP contribution is 2.28. The monoisotopic (exact) mass is 460 g/mol. The lowest BCUT2D eigenvalue weighted by Crippen LogP contribution is -1.89. The van der Waals surface area contributed by atoms with Crippen LogP contribution in [0.1, 0.15) is 11.1 Å². The van der Waals surface area contributed by atoms with Gasteiger partial charge < -0.3 is 0 Å². The first-order chi connectivity index (χ1) is 11.7. The van der Waals surface area contributed by atoms with Crippen molar-refractivity contribution in [2.75, 3.05) is 5.33 Å². The first-order valence-electron chi connectivity index (χ1n) is 7.56. The molecule has 120 valence electrons. The molecule has 0 aliphatic carbocycles. The lowest BCUT2D eigenvalue weighted by atomic mass is 9.95. The quantitative estimate of drug-likeness (QED) is 0.350. The molecular formula is C21H15Br2Cl. The standard InChI is InChI=1S/C21H15Br2Cl/c22-14-13-21(18-7-11-20(24)12-8-18)17-3-1-15(2-4-17)16-5-9-19(23)10-6-16/h1-13H,14H2/b21-13-. The van der Waals surface area contributed by atoms with Gasteiger partial charge in [0.15, 0.2) is 0 Å². The van der Waals surface area contributed by atoms with Crippen molar-refractivity contribution < 1.29 is 0 Å². The summed E-state index contributed by atoms with van der Waals surface area (Å²) in [6.45, 7) is 0. The van der Waals surface area contributed by atoms with Gasteiger partial charge in [0.1, 0.15) is 0 Å². The lowest BCUT2D eigenvalue weighted by molar-refractivity contribution is 1.52. The fourth-order valence-corrected chi connectivity index (χ4v) is 3.31. The number of allylic oxidation sites excluding steroid dienone is 1. The Morgan fingerprint density at radius 3 is 1.71 bits per heavy atom. The summed E-state index contributed by atoms with van der Waals surface area (Å²) in [6.07, 6.45) is 2.18. The Kier molecular flexibility index (Phi) is 5.94. The number of hydrogen-bond donors (Lipinski definition) is 0. The van der Waals surface area contributed by atoms with Crippen molar-refractivity contribution in [1.29, 1.82) is 0 Å². The maximum Gasteiger partial charge on any atom is 0.0406 e. The average Bonchev–Trinajstić information content (AvgIpc) is 2.62. The topological polar surface area (TPSA) is 0 Å². The van der Waals surface area contributed by atoms with Crippen LogP contribution < -0.4 is 0 Å². The molecule has 0 aliphatic rings. The van der Waals surface area contributed by atoms with Gasteiger partial charge in [0, 0.05) is 14.8 Å². The van der Waals surface area contributed by atoms with Crippen molar-refractivity contribution in [3.8, 4) is 11.1 Å². The van der Waals surface area contributed by atoms with Crippen molar-refractivity contribution in [2.24, 2.45) is 0 Å². The van der Waals surface area contributed by atoms with Gasteiger partial charge in [-0.1, -0.05) is 98.1 Å². The average molecular weight is 463 g/mol. The smallest absolute Gasteiger partial charge is 0.0406 e. The molecule has 0 saturated carbocycles. The molecule has 0 saturated heterocycles. The molecule has 0 radical (unpaired) electrons. The van der Waals surface area contributed by atoms with Crippen LogP contribution >= 0.6 is 43.5 Å². The Bertz CT molecular complexity index is 833. The summed E-state index contributed by atoms with van der Waals surface area (Å²) >= 11 is 13.0. The summed E-state index contributed by atoms with van der Waals surface area (Å²) < 4.78 is 1.09. The van der Waals surface area contributed by atoms with E-state index >= 15 is 0 Å². The van der Waals surface area contributed by atoms with E-state index in [0.29, 0.717) is 0 Å². The van der Waals surface area contributed by atoms with Crippen LogP contribution in [-0.4, -0.2) is 5.33 Å². The second-order valence-electron chi connectivity index (χ2n) is 5.36. The second kappa shape index (κ2) is 8.15. The third-order valence-electron chi connectivity index (χ3n) is 3.81. The number of benzene rings is 3. The molecule has 0 amide bonds. The highest BCUT2D eigenvalue weighted by atomic mass is 79.9. The number of halogens is 3. The van der Waals surface area contributed by atoms with E-state index in [1.54, 1.807) is 0 Å². The minimum absolute atomic E-state index is 0.752. The Morgan fingerprint density at radius 2 is 1.21 bits per heavy atom. The van der Waals surface area contributed by atoms with Crippen LogP contribution in [0.15, 0.2) is 83.3 Å². The molecule has 0 heterocycles. The van der Waals surface area contributed by atoms with Gasteiger partial charge in [-0.05, 0) is 52.1 Å².